The van der Waals surface area contributed by atoms with Crippen LogP contribution >= 0.6 is 0 Å². The van der Waals surface area contributed by atoms with E-state index in [4.69, 9.17) is 9.47 Å². The molecule has 5 rings (SSSR count). The zero-order valence-corrected chi connectivity index (χ0v) is 16.8. The number of ether oxygens (including phenoxy) is 2. The second kappa shape index (κ2) is 7.50. The number of hydrogen-bond donors (Lipinski definition) is 0. The van der Waals surface area contributed by atoms with Crippen molar-refractivity contribution in [2.24, 2.45) is 7.05 Å². The van der Waals surface area contributed by atoms with Crippen LogP contribution in [0.4, 0.5) is 0 Å². The van der Waals surface area contributed by atoms with E-state index >= 15 is 0 Å². The molecule has 154 valence electrons. The topological polar surface area (TPSA) is 64.0 Å². The van der Waals surface area contributed by atoms with Crippen molar-refractivity contribution in [3.05, 3.63) is 70.0 Å². The molecule has 0 saturated carbocycles. The summed E-state index contributed by atoms with van der Waals surface area (Å²) >= 11 is 0. The number of carbonyl (C=O) groups excluding carboxylic acids is 1. The van der Waals surface area contributed by atoms with Crippen LogP contribution in [-0.2, 0) is 13.6 Å². The normalized spacial score (nSPS) is 16.2. The average molecular weight is 405 g/mol. The van der Waals surface area contributed by atoms with Crippen molar-refractivity contribution in [2.45, 2.75) is 6.54 Å². The molecule has 0 aliphatic carbocycles. The molecule has 0 spiro atoms. The van der Waals surface area contributed by atoms with Gasteiger partial charge in [0.05, 0.1) is 5.52 Å². The standard InChI is InChI=1S/C23H23N3O4/c1-24-14-18(22(27)17-4-2-3-5-19(17)24)23(28)26-10-8-25(9-11-26)13-16-6-7-20-21(12-16)30-15-29-20/h2-7,12,14H,8-11,13,15H2,1H3. The van der Waals surface area contributed by atoms with Gasteiger partial charge >= 0.3 is 0 Å². The molecule has 30 heavy (non-hydrogen) atoms. The molecule has 2 aliphatic heterocycles. The van der Waals surface area contributed by atoms with Crippen LogP contribution in [0.15, 0.2) is 53.5 Å². The Morgan fingerprint density at radius 1 is 1.00 bits per heavy atom. The molecule has 0 N–H and O–H groups in total. The lowest BCUT2D eigenvalue weighted by atomic mass is 10.1. The minimum absolute atomic E-state index is 0.191. The first-order valence-electron chi connectivity index (χ1n) is 10.1. The molecule has 3 aromatic rings. The second-order valence-electron chi connectivity index (χ2n) is 7.76. The Morgan fingerprint density at radius 2 is 1.77 bits per heavy atom. The van der Waals surface area contributed by atoms with Gasteiger partial charge in [-0.1, -0.05) is 18.2 Å². The maximum Gasteiger partial charge on any atom is 0.259 e. The van der Waals surface area contributed by atoms with E-state index in [1.807, 2.05) is 48.0 Å². The SMILES string of the molecule is Cn1cc(C(=O)N2CCN(Cc3ccc4c(c3)OCO4)CC2)c(=O)c2ccccc21. The monoisotopic (exact) mass is 405 g/mol. The Bertz CT molecular complexity index is 1180. The van der Waals surface area contributed by atoms with Crippen molar-refractivity contribution >= 4 is 16.8 Å². The van der Waals surface area contributed by atoms with Crippen molar-refractivity contribution in [1.29, 1.82) is 0 Å². The van der Waals surface area contributed by atoms with E-state index in [1.165, 1.54) is 0 Å². The third-order valence-corrected chi connectivity index (χ3v) is 5.83. The highest BCUT2D eigenvalue weighted by Gasteiger charge is 2.25. The van der Waals surface area contributed by atoms with Gasteiger partial charge in [0, 0.05) is 51.4 Å². The molecule has 0 bridgehead atoms. The van der Waals surface area contributed by atoms with Crippen molar-refractivity contribution in [3.63, 3.8) is 0 Å². The molecule has 1 aromatic heterocycles. The van der Waals surface area contributed by atoms with Crippen LogP contribution < -0.4 is 14.9 Å². The highest BCUT2D eigenvalue weighted by atomic mass is 16.7. The van der Waals surface area contributed by atoms with Gasteiger partial charge in [0.25, 0.3) is 5.91 Å². The Labute approximate surface area is 174 Å². The molecule has 0 atom stereocenters. The summed E-state index contributed by atoms with van der Waals surface area (Å²) in [5, 5.41) is 0.576. The number of nitrogens with zero attached hydrogens (tertiary/aromatic N) is 3. The Morgan fingerprint density at radius 3 is 2.60 bits per heavy atom. The fraction of sp³-hybridized carbons (Fsp3) is 0.304. The summed E-state index contributed by atoms with van der Waals surface area (Å²) in [5.74, 6) is 1.38. The number of aromatic nitrogens is 1. The predicted octanol–water partition coefficient (Wildman–Crippen LogP) is 2.23. The van der Waals surface area contributed by atoms with Gasteiger partial charge in [-0.3, -0.25) is 14.5 Å². The van der Waals surface area contributed by atoms with Crippen LogP contribution in [-0.4, -0.2) is 53.2 Å². The number of para-hydroxylation sites is 1. The maximum atomic E-state index is 13.1. The first-order chi connectivity index (χ1) is 14.6. The molecular weight excluding hydrogens is 382 g/mol. The van der Waals surface area contributed by atoms with Crippen molar-refractivity contribution in [3.8, 4) is 11.5 Å². The third kappa shape index (κ3) is 3.31. The molecule has 7 nitrogen and oxygen atoms in total. The average Bonchev–Trinajstić information content (AvgIpc) is 3.24. The minimum atomic E-state index is -0.198. The lowest BCUT2D eigenvalue weighted by molar-refractivity contribution is 0.0626. The molecular formula is C23H23N3O4. The van der Waals surface area contributed by atoms with Gasteiger partial charge in [0.2, 0.25) is 12.2 Å². The quantitative estimate of drug-likeness (QED) is 0.669. The summed E-state index contributed by atoms with van der Waals surface area (Å²) in [6.07, 6.45) is 1.66. The second-order valence-corrected chi connectivity index (χ2v) is 7.76. The van der Waals surface area contributed by atoms with E-state index in [0.29, 0.717) is 18.5 Å². The number of amides is 1. The summed E-state index contributed by atoms with van der Waals surface area (Å²) in [4.78, 5) is 30.0. The van der Waals surface area contributed by atoms with E-state index in [1.54, 1.807) is 17.2 Å². The molecule has 2 aromatic carbocycles. The molecule has 2 aliphatic rings. The van der Waals surface area contributed by atoms with Gasteiger partial charge in [-0.25, -0.2) is 0 Å². The Hall–Kier alpha value is -3.32. The van der Waals surface area contributed by atoms with E-state index in [2.05, 4.69) is 4.90 Å². The van der Waals surface area contributed by atoms with E-state index in [9.17, 15) is 9.59 Å². The maximum absolute atomic E-state index is 13.1. The summed E-state index contributed by atoms with van der Waals surface area (Å²) in [5.41, 5.74) is 2.02. The van der Waals surface area contributed by atoms with Gasteiger partial charge in [-0.05, 0) is 29.8 Å². The fourth-order valence-electron chi connectivity index (χ4n) is 4.17. The number of hydrogen-bond acceptors (Lipinski definition) is 5. The lowest BCUT2D eigenvalue weighted by Crippen LogP contribution is -2.49. The molecule has 7 heteroatoms. The fourth-order valence-corrected chi connectivity index (χ4v) is 4.17. The summed E-state index contributed by atoms with van der Waals surface area (Å²) in [6.45, 7) is 3.77. The summed E-state index contributed by atoms with van der Waals surface area (Å²) in [7, 11) is 1.86. The van der Waals surface area contributed by atoms with E-state index < -0.39 is 0 Å². The van der Waals surface area contributed by atoms with Crippen LogP contribution in [0.2, 0.25) is 0 Å². The highest BCUT2D eigenvalue weighted by molar-refractivity contribution is 5.97. The van der Waals surface area contributed by atoms with Crippen molar-refractivity contribution in [1.82, 2.24) is 14.4 Å². The largest absolute Gasteiger partial charge is 0.454 e. The zero-order valence-electron chi connectivity index (χ0n) is 16.8. The number of rotatable bonds is 3. The zero-order chi connectivity index (χ0) is 20.7. The smallest absolute Gasteiger partial charge is 0.259 e. The van der Waals surface area contributed by atoms with Crippen LogP contribution in [0.5, 0.6) is 11.5 Å². The Kier molecular flexibility index (Phi) is 4.67. The summed E-state index contributed by atoms with van der Waals surface area (Å²) in [6, 6.07) is 13.4. The molecule has 0 unspecified atom stereocenters. The first kappa shape index (κ1) is 18.7. The number of piperazine rings is 1. The highest BCUT2D eigenvalue weighted by Crippen LogP contribution is 2.32. The van der Waals surface area contributed by atoms with Gasteiger partial charge in [0.1, 0.15) is 5.56 Å². The van der Waals surface area contributed by atoms with Crippen molar-refractivity contribution in [2.75, 3.05) is 33.0 Å². The predicted molar refractivity (Wildman–Crippen MR) is 113 cm³/mol. The first-order valence-corrected chi connectivity index (χ1v) is 10.1. The molecule has 1 amide bonds. The molecule has 1 saturated heterocycles. The van der Waals surface area contributed by atoms with Crippen LogP contribution in [0.3, 0.4) is 0 Å². The third-order valence-electron chi connectivity index (χ3n) is 5.83. The van der Waals surface area contributed by atoms with Crippen LogP contribution in [0, 0.1) is 0 Å². The van der Waals surface area contributed by atoms with Gasteiger partial charge in [0.15, 0.2) is 11.5 Å². The number of fused-ring (bicyclic) bond motifs is 2. The van der Waals surface area contributed by atoms with Crippen LogP contribution in [0.25, 0.3) is 10.9 Å². The lowest BCUT2D eigenvalue weighted by Gasteiger charge is -2.34. The van der Waals surface area contributed by atoms with Gasteiger partial charge < -0.3 is 18.9 Å². The number of benzene rings is 2. The van der Waals surface area contributed by atoms with E-state index in [-0.39, 0.29) is 23.7 Å². The number of aryl methyl sites for hydroxylation is 1. The number of pyridine rings is 1. The van der Waals surface area contributed by atoms with Crippen LogP contribution in [0.1, 0.15) is 15.9 Å². The molecule has 3 heterocycles. The van der Waals surface area contributed by atoms with Gasteiger partial charge in [-0.2, -0.15) is 0 Å². The van der Waals surface area contributed by atoms with Crippen molar-refractivity contribution < 1.29 is 14.3 Å². The molecule has 0 radical (unpaired) electrons. The minimum Gasteiger partial charge on any atom is -0.454 e. The molecule has 1 fully saturated rings. The number of carbonyl (C=O) groups is 1. The van der Waals surface area contributed by atoms with Gasteiger partial charge in [-0.15, -0.1) is 0 Å². The Balaban J connectivity index is 1.28. The summed E-state index contributed by atoms with van der Waals surface area (Å²) < 4.78 is 12.7. The van der Waals surface area contributed by atoms with E-state index in [0.717, 1.165) is 42.2 Å².